The topological polar surface area (TPSA) is 117 Å². The molecule has 0 spiro atoms. The number of thioether (sulfide) groups is 1. The molecule has 1 amide bonds. The first-order valence-corrected chi connectivity index (χ1v) is 11.7. The molecule has 168 valence electrons. The van der Waals surface area contributed by atoms with Gasteiger partial charge < -0.3 is 9.88 Å². The standard InChI is InChI=1S/C22H26N6O3S/c1-15-7-6-8-17(11-15)28-18(12-16-13-19(29)24-21(31)23-16)25-26-22(28)32-14-20(30)27-9-4-2-3-5-10-27/h6-8,11,13H,2-5,9-10,12,14H2,1H3,(H2,23,24,29,31). The number of carbonyl (C=O) groups excluding carboxylic acids is 1. The molecule has 2 N–H and O–H groups in total. The lowest BCUT2D eigenvalue weighted by atomic mass is 10.2. The molecule has 1 aromatic carbocycles. The summed E-state index contributed by atoms with van der Waals surface area (Å²) in [6.45, 7) is 3.62. The van der Waals surface area contributed by atoms with E-state index in [1.807, 2.05) is 40.7 Å². The number of aromatic nitrogens is 5. The van der Waals surface area contributed by atoms with E-state index in [4.69, 9.17) is 0 Å². The molecule has 0 unspecified atom stereocenters. The molecule has 1 saturated heterocycles. The summed E-state index contributed by atoms with van der Waals surface area (Å²) in [6.07, 6.45) is 4.67. The molecule has 3 heterocycles. The van der Waals surface area contributed by atoms with Gasteiger partial charge in [-0.1, -0.05) is 36.7 Å². The van der Waals surface area contributed by atoms with E-state index in [1.165, 1.54) is 30.7 Å². The first-order chi connectivity index (χ1) is 15.5. The van der Waals surface area contributed by atoms with E-state index in [9.17, 15) is 14.4 Å². The maximum atomic E-state index is 12.8. The van der Waals surface area contributed by atoms with Gasteiger partial charge >= 0.3 is 5.69 Å². The molecule has 2 aromatic heterocycles. The van der Waals surface area contributed by atoms with Gasteiger partial charge in [0.25, 0.3) is 5.56 Å². The van der Waals surface area contributed by atoms with Crippen LogP contribution in [0, 0.1) is 6.92 Å². The normalized spacial score (nSPS) is 14.3. The number of rotatable bonds is 6. The molecule has 1 fully saturated rings. The Balaban J connectivity index is 1.61. The first-order valence-electron chi connectivity index (χ1n) is 10.7. The molecule has 1 aliphatic rings. The average Bonchev–Trinajstić information content (AvgIpc) is 2.95. The van der Waals surface area contributed by atoms with Gasteiger partial charge in [0, 0.05) is 37.0 Å². The second kappa shape index (κ2) is 9.99. The molecule has 3 aromatic rings. The van der Waals surface area contributed by atoms with Crippen LogP contribution in [0.1, 0.15) is 42.8 Å². The predicted molar refractivity (Wildman–Crippen MR) is 122 cm³/mol. The fourth-order valence-corrected chi connectivity index (χ4v) is 4.73. The van der Waals surface area contributed by atoms with E-state index >= 15 is 0 Å². The summed E-state index contributed by atoms with van der Waals surface area (Å²) in [7, 11) is 0. The summed E-state index contributed by atoms with van der Waals surface area (Å²) < 4.78 is 1.88. The maximum absolute atomic E-state index is 12.8. The van der Waals surface area contributed by atoms with Crippen molar-refractivity contribution in [3.8, 4) is 5.69 Å². The van der Waals surface area contributed by atoms with E-state index in [0.29, 0.717) is 16.7 Å². The van der Waals surface area contributed by atoms with E-state index in [2.05, 4.69) is 20.2 Å². The highest BCUT2D eigenvalue weighted by Crippen LogP contribution is 2.24. The third-order valence-corrected chi connectivity index (χ3v) is 6.32. The monoisotopic (exact) mass is 454 g/mol. The Hall–Kier alpha value is -3.14. The Morgan fingerprint density at radius 3 is 2.56 bits per heavy atom. The summed E-state index contributed by atoms with van der Waals surface area (Å²) in [5, 5.41) is 9.24. The summed E-state index contributed by atoms with van der Waals surface area (Å²) in [5.41, 5.74) is 1.34. The van der Waals surface area contributed by atoms with Gasteiger partial charge in [-0.05, 0) is 37.5 Å². The Labute approximate surface area is 189 Å². The van der Waals surface area contributed by atoms with Gasteiger partial charge in [0.2, 0.25) is 5.91 Å². The molecule has 0 atom stereocenters. The quantitative estimate of drug-likeness (QED) is 0.551. The smallest absolute Gasteiger partial charge is 0.325 e. The van der Waals surface area contributed by atoms with Crippen LogP contribution in [0.25, 0.3) is 5.69 Å². The number of aryl methyl sites for hydroxylation is 1. The lowest BCUT2D eigenvalue weighted by molar-refractivity contribution is -0.128. The molecule has 0 bridgehead atoms. The van der Waals surface area contributed by atoms with Crippen molar-refractivity contribution in [3.05, 3.63) is 68.3 Å². The molecule has 32 heavy (non-hydrogen) atoms. The van der Waals surface area contributed by atoms with Gasteiger partial charge in [0.05, 0.1) is 5.75 Å². The highest BCUT2D eigenvalue weighted by Gasteiger charge is 2.20. The van der Waals surface area contributed by atoms with Gasteiger partial charge in [-0.25, -0.2) is 4.79 Å². The molecule has 0 aliphatic carbocycles. The van der Waals surface area contributed by atoms with Crippen molar-refractivity contribution < 1.29 is 4.79 Å². The van der Waals surface area contributed by atoms with Gasteiger partial charge in [-0.2, -0.15) is 0 Å². The lowest BCUT2D eigenvalue weighted by Crippen LogP contribution is -2.33. The van der Waals surface area contributed by atoms with E-state index < -0.39 is 11.2 Å². The van der Waals surface area contributed by atoms with Crippen molar-refractivity contribution in [3.63, 3.8) is 0 Å². The van der Waals surface area contributed by atoms with Crippen LogP contribution in [0.15, 0.2) is 45.1 Å². The number of nitrogens with zero attached hydrogens (tertiary/aromatic N) is 4. The summed E-state index contributed by atoms with van der Waals surface area (Å²) in [5.74, 6) is 0.962. The highest BCUT2D eigenvalue weighted by molar-refractivity contribution is 7.99. The summed E-state index contributed by atoms with van der Waals surface area (Å²) in [6, 6.07) is 9.24. The van der Waals surface area contributed by atoms with E-state index in [0.717, 1.165) is 37.2 Å². The maximum Gasteiger partial charge on any atom is 0.325 e. The largest absolute Gasteiger partial charge is 0.342 e. The van der Waals surface area contributed by atoms with Crippen LogP contribution in [0.3, 0.4) is 0 Å². The van der Waals surface area contributed by atoms with Crippen LogP contribution in [0.4, 0.5) is 0 Å². The minimum atomic E-state index is -0.563. The van der Waals surface area contributed by atoms with Gasteiger partial charge in [-0.3, -0.25) is 19.1 Å². The molecular weight excluding hydrogens is 428 g/mol. The zero-order valence-electron chi connectivity index (χ0n) is 18.0. The van der Waals surface area contributed by atoms with E-state index in [1.54, 1.807) is 0 Å². The van der Waals surface area contributed by atoms with Gasteiger partial charge in [0.15, 0.2) is 5.16 Å². The fourth-order valence-electron chi connectivity index (χ4n) is 3.86. The number of benzene rings is 1. The SMILES string of the molecule is Cc1cccc(-n2c(Cc3cc(=O)[nH]c(=O)[nH]3)nnc2SCC(=O)N2CCCCCC2)c1. The number of aromatic amines is 2. The van der Waals surface area contributed by atoms with Crippen molar-refractivity contribution in [2.75, 3.05) is 18.8 Å². The highest BCUT2D eigenvalue weighted by atomic mass is 32.2. The number of nitrogens with one attached hydrogen (secondary N) is 2. The molecule has 9 nitrogen and oxygen atoms in total. The van der Waals surface area contributed by atoms with Gasteiger partial charge in [0.1, 0.15) is 5.82 Å². The molecule has 0 saturated carbocycles. The Kier molecular flexibility index (Phi) is 6.89. The molecule has 10 heteroatoms. The van der Waals surface area contributed by atoms with Crippen molar-refractivity contribution in [2.45, 2.75) is 44.2 Å². The van der Waals surface area contributed by atoms with Crippen LogP contribution in [-0.4, -0.2) is 54.4 Å². The van der Waals surface area contributed by atoms with Crippen molar-refractivity contribution >= 4 is 17.7 Å². The van der Waals surface area contributed by atoms with Crippen LogP contribution in [0.5, 0.6) is 0 Å². The summed E-state index contributed by atoms with van der Waals surface area (Å²) >= 11 is 1.35. The lowest BCUT2D eigenvalue weighted by Gasteiger charge is -2.20. The van der Waals surface area contributed by atoms with Crippen LogP contribution >= 0.6 is 11.8 Å². The number of carbonyl (C=O) groups is 1. The second-order valence-electron chi connectivity index (χ2n) is 7.95. The van der Waals surface area contributed by atoms with Crippen LogP contribution in [-0.2, 0) is 11.2 Å². The zero-order chi connectivity index (χ0) is 22.5. The average molecular weight is 455 g/mol. The fraction of sp³-hybridized carbons (Fsp3) is 0.409. The molecular formula is C22H26N6O3S. The number of H-pyrrole nitrogens is 2. The Morgan fingerprint density at radius 2 is 1.84 bits per heavy atom. The number of amides is 1. The summed E-state index contributed by atoms with van der Waals surface area (Å²) in [4.78, 5) is 42.9. The number of hydrogen-bond donors (Lipinski definition) is 2. The molecule has 0 radical (unpaired) electrons. The molecule has 4 rings (SSSR count). The molecule has 1 aliphatic heterocycles. The predicted octanol–water partition coefficient (Wildman–Crippen LogP) is 2.04. The number of hydrogen-bond acceptors (Lipinski definition) is 6. The minimum Gasteiger partial charge on any atom is -0.342 e. The van der Waals surface area contributed by atoms with Crippen molar-refractivity contribution in [1.82, 2.24) is 29.6 Å². The van der Waals surface area contributed by atoms with Crippen molar-refractivity contribution in [1.29, 1.82) is 0 Å². The Morgan fingerprint density at radius 1 is 1.06 bits per heavy atom. The first kappa shape index (κ1) is 22.1. The van der Waals surface area contributed by atoms with Crippen LogP contribution in [0.2, 0.25) is 0 Å². The van der Waals surface area contributed by atoms with Crippen molar-refractivity contribution in [2.24, 2.45) is 0 Å². The van der Waals surface area contributed by atoms with Crippen LogP contribution < -0.4 is 11.2 Å². The third-order valence-electron chi connectivity index (χ3n) is 5.41. The Bertz CT molecular complexity index is 1180. The minimum absolute atomic E-state index is 0.108. The third kappa shape index (κ3) is 5.37. The second-order valence-corrected chi connectivity index (χ2v) is 8.89. The number of likely N-dealkylation sites (tertiary alicyclic amines) is 1. The zero-order valence-corrected chi connectivity index (χ0v) is 18.8. The van der Waals surface area contributed by atoms with E-state index in [-0.39, 0.29) is 18.1 Å². The van der Waals surface area contributed by atoms with Gasteiger partial charge in [-0.15, -0.1) is 10.2 Å².